The van der Waals surface area contributed by atoms with Crippen LogP contribution in [0.2, 0.25) is 0 Å². The van der Waals surface area contributed by atoms with Gasteiger partial charge in [0.1, 0.15) is 0 Å². The zero-order valence-electron chi connectivity index (χ0n) is 7.05. The van der Waals surface area contributed by atoms with Gasteiger partial charge in [0, 0.05) is 25.5 Å². The highest BCUT2D eigenvalue weighted by Crippen LogP contribution is 1.88. The Morgan fingerprint density at radius 1 is 1.54 bits per heavy atom. The van der Waals surface area contributed by atoms with E-state index in [1.807, 2.05) is 10.8 Å². The Hall–Kier alpha value is -0.920. The van der Waals surface area contributed by atoms with E-state index in [9.17, 15) is 8.42 Å². The lowest BCUT2D eigenvalue weighted by Gasteiger charge is -2.02. The third-order valence-electron chi connectivity index (χ3n) is 1.46. The number of imidazole rings is 1. The summed E-state index contributed by atoms with van der Waals surface area (Å²) in [5.41, 5.74) is 0. The van der Waals surface area contributed by atoms with Gasteiger partial charge in [-0.3, -0.25) is 0 Å². The fourth-order valence-electron chi connectivity index (χ4n) is 0.895. The molecule has 13 heavy (non-hydrogen) atoms. The summed E-state index contributed by atoms with van der Waals surface area (Å²) in [6.07, 6.45) is 5.85. The molecule has 0 fully saturated rings. The molecular formula is C6H12N4O2S. The third-order valence-corrected chi connectivity index (χ3v) is 2.06. The van der Waals surface area contributed by atoms with Gasteiger partial charge in [-0.2, -0.15) is 8.42 Å². The molecule has 3 N–H and O–H groups in total. The molecule has 0 aliphatic carbocycles. The molecule has 0 aliphatic heterocycles. The molecule has 0 saturated carbocycles. The first-order valence-corrected chi connectivity index (χ1v) is 5.36. The Bertz CT molecular complexity index is 332. The zero-order chi connectivity index (χ0) is 9.73. The number of nitrogens with zero attached hydrogens (tertiary/aromatic N) is 2. The molecule has 1 aromatic rings. The highest BCUT2D eigenvalue weighted by Gasteiger charge is 1.98. The number of aromatic nitrogens is 2. The van der Waals surface area contributed by atoms with E-state index in [1.165, 1.54) is 0 Å². The summed E-state index contributed by atoms with van der Waals surface area (Å²) in [5.74, 6) is 0. The predicted molar refractivity (Wildman–Crippen MR) is 48.0 cm³/mol. The van der Waals surface area contributed by atoms with Crippen molar-refractivity contribution in [2.75, 3.05) is 6.54 Å². The van der Waals surface area contributed by atoms with Gasteiger partial charge in [-0.25, -0.2) is 14.8 Å². The van der Waals surface area contributed by atoms with Crippen LogP contribution in [-0.4, -0.2) is 24.5 Å². The molecule has 0 amide bonds. The highest BCUT2D eigenvalue weighted by molar-refractivity contribution is 7.87. The van der Waals surface area contributed by atoms with Gasteiger partial charge in [0.15, 0.2) is 0 Å². The van der Waals surface area contributed by atoms with Gasteiger partial charge in [0.2, 0.25) is 0 Å². The Balaban J connectivity index is 2.16. The fraction of sp³-hybridized carbons (Fsp3) is 0.500. The van der Waals surface area contributed by atoms with Gasteiger partial charge < -0.3 is 4.57 Å². The van der Waals surface area contributed by atoms with Crippen molar-refractivity contribution in [3.05, 3.63) is 18.7 Å². The van der Waals surface area contributed by atoms with E-state index >= 15 is 0 Å². The van der Waals surface area contributed by atoms with Crippen molar-refractivity contribution in [2.24, 2.45) is 5.14 Å². The molecule has 1 rings (SSSR count). The SMILES string of the molecule is NS(=O)(=O)NCCCn1ccnc1. The fourth-order valence-corrected chi connectivity index (χ4v) is 1.32. The minimum atomic E-state index is -3.54. The molecule has 74 valence electrons. The van der Waals surface area contributed by atoms with Crippen molar-refractivity contribution < 1.29 is 8.42 Å². The molecule has 7 heteroatoms. The van der Waals surface area contributed by atoms with Crippen molar-refractivity contribution in [3.63, 3.8) is 0 Å². The second-order valence-corrected chi connectivity index (χ2v) is 3.97. The van der Waals surface area contributed by atoms with E-state index in [0.717, 1.165) is 6.54 Å². The van der Waals surface area contributed by atoms with Gasteiger partial charge in [0.05, 0.1) is 6.33 Å². The van der Waals surface area contributed by atoms with Crippen LogP contribution in [0.1, 0.15) is 6.42 Å². The number of aryl methyl sites for hydroxylation is 1. The van der Waals surface area contributed by atoms with Crippen LogP contribution in [0.15, 0.2) is 18.7 Å². The number of hydrogen-bond donors (Lipinski definition) is 2. The van der Waals surface area contributed by atoms with Crippen molar-refractivity contribution in [1.29, 1.82) is 0 Å². The topological polar surface area (TPSA) is 90.0 Å². The summed E-state index contributed by atoms with van der Waals surface area (Å²) < 4.78 is 24.9. The molecule has 1 aromatic heterocycles. The molecule has 6 nitrogen and oxygen atoms in total. The number of nitrogens with two attached hydrogens (primary N) is 1. The first-order chi connectivity index (χ1) is 6.08. The monoisotopic (exact) mass is 204 g/mol. The van der Waals surface area contributed by atoms with E-state index in [0.29, 0.717) is 13.0 Å². The molecule has 0 radical (unpaired) electrons. The first-order valence-electron chi connectivity index (χ1n) is 3.81. The van der Waals surface area contributed by atoms with Crippen LogP contribution < -0.4 is 9.86 Å². The number of rotatable bonds is 5. The molecule has 0 aromatic carbocycles. The van der Waals surface area contributed by atoms with Crippen LogP contribution in [0.25, 0.3) is 0 Å². The Morgan fingerprint density at radius 3 is 2.85 bits per heavy atom. The van der Waals surface area contributed by atoms with Gasteiger partial charge >= 0.3 is 0 Å². The number of nitrogens with one attached hydrogen (secondary N) is 1. The highest BCUT2D eigenvalue weighted by atomic mass is 32.2. The summed E-state index contributed by atoms with van der Waals surface area (Å²) in [5, 5.41) is 4.74. The van der Waals surface area contributed by atoms with E-state index in [-0.39, 0.29) is 0 Å². The van der Waals surface area contributed by atoms with E-state index < -0.39 is 10.2 Å². The molecule has 0 saturated heterocycles. The van der Waals surface area contributed by atoms with Crippen LogP contribution in [0.5, 0.6) is 0 Å². The molecule has 0 atom stereocenters. The van der Waals surface area contributed by atoms with Gasteiger partial charge in [-0.1, -0.05) is 0 Å². The average molecular weight is 204 g/mol. The van der Waals surface area contributed by atoms with Crippen LogP contribution in [0.3, 0.4) is 0 Å². The second kappa shape index (κ2) is 4.35. The molecule has 1 heterocycles. The lowest BCUT2D eigenvalue weighted by molar-refractivity contribution is 0.571. The predicted octanol–water partition coefficient (Wildman–Crippen LogP) is -0.934. The summed E-state index contributed by atoms with van der Waals surface area (Å²) in [6.45, 7) is 1.07. The van der Waals surface area contributed by atoms with Crippen molar-refractivity contribution in [3.8, 4) is 0 Å². The van der Waals surface area contributed by atoms with Crippen LogP contribution in [0, 0.1) is 0 Å². The Morgan fingerprint density at radius 2 is 2.31 bits per heavy atom. The smallest absolute Gasteiger partial charge is 0.274 e. The van der Waals surface area contributed by atoms with Gasteiger partial charge in [-0.15, -0.1) is 0 Å². The maximum Gasteiger partial charge on any atom is 0.274 e. The maximum absolute atomic E-state index is 10.4. The summed E-state index contributed by atoms with van der Waals surface area (Å²) >= 11 is 0. The largest absolute Gasteiger partial charge is 0.337 e. The minimum absolute atomic E-state index is 0.344. The first kappa shape index (κ1) is 10.2. The lowest BCUT2D eigenvalue weighted by atomic mass is 10.4. The standard InChI is InChI=1S/C6H12N4O2S/c7-13(11,12)9-2-1-4-10-5-3-8-6-10/h3,5-6,9H,1-2,4H2,(H2,7,11,12). The molecular weight excluding hydrogens is 192 g/mol. The maximum atomic E-state index is 10.4. The third kappa shape index (κ3) is 4.61. The quantitative estimate of drug-likeness (QED) is 0.607. The van der Waals surface area contributed by atoms with Gasteiger partial charge in [-0.05, 0) is 6.42 Å². The Labute approximate surface area is 77.0 Å². The van der Waals surface area contributed by atoms with Crippen molar-refractivity contribution in [1.82, 2.24) is 14.3 Å². The van der Waals surface area contributed by atoms with E-state index in [1.54, 1.807) is 12.5 Å². The van der Waals surface area contributed by atoms with Crippen molar-refractivity contribution in [2.45, 2.75) is 13.0 Å². The second-order valence-electron chi connectivity index (χ2n) is 2.59. The van der Waals surface area contributed by atoms with Crippen molar-refractivity contribution >= 4 is 10.2 Å². The summed E-state index contributed by atoms with van der Waals surface area (Å²) in [7, 11) is -3.54. The zero-order valence-corrected chi connectivity index (χ0v) is 7.87. The molecule has 0 unspecified atom stereocenters. The average Bonchev–Trinajstić information content (AvgIpc) is 2.48. The van der Waals surface area contributed by atoms with E-state index in [2.05, 4.69) is 9.71 Å². The lowest BCUT2D eigenvalue weighted by Crippen LogP contribution is -2.31. The number of hydrogen-bond acceptors (Lipinski definition) is 3. The van der Waals surface area contributed by atoms with E-state index in [4.69, 9.17) is 5.14 Å². The minimum Gasteiger partial charge on any atom is -0.337 e. The Kier molecular flexibility index (Phi) is 3.40. The van der Waals surface area contributed by atoms with Crippen LogP contribution >= 0.6 is 0 Å². The van der Waals surface area contributed by atoms with Gasteiger partial charge in [0.25, 0.3) is 10.2 Å². The summed E-state index contributed by atoms with van der Waals surface area (Å²) in [4.78, 5) is 3.85. The normalized spacial score (nSPS) is 11.8. The van der Waals surface area contributed by atoms with Crippen LogP contribution in [-0.2, 0) is 16.8 Å². The van der Waals surface area contributed by atoms with Crippen LogP contribution in [0.4, 0.5) is 0 Å². The molecule has 0 aliphatic rings. The molecule has 0 bridgehead atoms. The summed E-state index contributed by atoms with van der Waals surface area (Å²) in [6, 6.07) is 0. The molecule has 0 spiro atoms.